The van der Waals surface area contributed by atoms with E-state index < -0.39 is 11.6 Å². The van der Waals surface area contributed by atoms with Gasteiger partial charge in [-0.2, -0.15) is 0 Å². The van der Waals surface area contributed by atoms with Crippen molar-refractivity contribution in [1.29, 1.82) is 0 Å². The number of aliphatic hydroxyl groups is 1. The number of aliphatic hydroxyl groups excluding tert-OH is 1. The van der Waals surface area contributed by atoms with Crippen LogP contribution in [0.15, 0.2) is 91.5 Å². The Bertz CT molecular complexity index is 2380. The fourth-order valence-corrected chi connectivity index (χ4v) is 6.28. The summed E-state index contributed by atoms with van der Waals surface area (Å²) >= 11 is 0. The number of nitrogen functional groups attached to an aromatic ring is 2. The van der Waals surface area contributed by atoms with Crippen LogP contribution in [0.25, 0.3) is 22.1 Å². The molecule has 9 rings (SSSR count). The van der Waals surface area contributed by atoms with E-state index in [1.807, 2.05) is 35.0 Å². The number of benzene rings is 3. The Morgan fingerprint density at radius 3 is 1.66 bits per heavy atom. The Morgan fingerprint density at radius 1 is 0.660 bits per heavy atom. The number of anilines is 2. The van der Waals surface area contributed by atoms with Crippen LogP contribution >= 0.6 is 0 Å². The third-order valence-electron chi connectivity index (χ3n) is 9.17. The van der Waals surface area contributed by atoms with E-state index in [0.29, 0.717) is 53.0 Å². The van der Waals surface area contributed by atoms with Crippen LogP contribution in [0, 0.1) is 11.6 Å². The van der Waals surface area contributed by atoms with Crippen LogP contribution in [-0.2, 0) is 11.3 Å². The van der Waals surface area contributed by atoms with Gasteiger partial charge in [-0.05, 0) is 55.5 Å². The molecular formula is C37H34F2N10O4. The lowest BCUT2D eigenvalue weighted by molar-refractivity contribution is -0.0376. The summed E-state index contributed by atoms with van der Waals surface area (Å²) in [5.74, 6) is 0.861. The van der Waals surface area contributed by atoms with Crippen LogP contribution < -0.4 is 20.9 Å². The molecule has 7 aromatic rings. The van der Waals surface area contributed by atoms with Gasteiger partial charge in [-0.25, -0.2) is 38.1 Å². The summed E-state index contributed by atoms with van der Waals surface area (Å²) in [5.41, 5.74) is 14.3. The van der Waals surface area contributed by atoms with E-state index in [9.17, 15) is 13.9 Å². The van der Waals surface area contributed by atoms with Gasteiger partial charge in [0.1, 0.15) is 58.2 Å². The van der Waals surface area contributed by atoms with Crippen molar-refractivity contribution in [2.75, 3.05) is 11.5 Å². The van der Waals surface area contributed by atoms with E-state index in [4.69, 9.17) is 25.7 Å². The minimum absolute atomic E-state index is 0.0339. The molecule has 0 amide bonds. The number of fused-ring (bicyclic) bond motifs is 2. The molecule has 2 aliphatic carbocycles. The number of halogens is 2. The number of nitrogens with two attached hydrogens (primary N) is 2. The van der Waals surface area contributed by atoms with Crippen molar-refractivity contribution in [3.63, 3.8) is 0 Å². The van der Waals surface area contributed by atoms with Gasteiger partial charge in [0.25, 0.3) is 11.8 Å². The number of nitrogens with zero attached hydrogens (tertiary/aromatic N) is 8. The van der Waals surface area contributed by atoms with Crippen LogP contribution in [0.3, 0.4) is 0 Å². The van der Waals surface area contributed by atoms with E-state index in [0.717, 1.165) is 18.4 Å². The third kappa shape index (κ3) is 7.14. The van der Waals surface area contributed by atoms with Crippen molar-refractivity contribution < 1.29 is 28.1 Å². The summed E-state index contributed by atoms with van der Waals surface area (Å²) in [6, 6.07) is 21.9. The van der Waals surface area contributed by atoms with Crippen LogP contribution in [0.5, 0.6) is 23.3 Å². The summed E-state index contributed by atoms with van der Waals surface area (Å²) in [4.78, 5) is 16.6. The molecule has 0 radical (unpaired) electrons. The van der Waals surface area contributed by atoms with Crippen LogP contribution in [0.2, 0.25) is 0 Å². The van der Waals surface area contributed by atoms with Crippen molar-refractivity contribution in [3.8, 4) is 23.3 Å². The predicted octanol–water partition coefficient (Wildman–Crippen LogP) is 6.30. The first-order chi connectivity index (χ1) is 25.8. The molecule has 53 heavy (non-hydrogen) atoms. The molecule has 2 saturated carbocycles. The van der Waals surface area contributed by atoms with Gasteiger partial charge < -0.3 is 30.8 Å². The van der Waals surface area contributed by atoms with E-state index in [-0.39, 0.29) is 47.7 Å². The second-order valence-electron chi connectivity index (χ2n) is 12.9. The van der Waals surface area contributed by atoms with E-state index in [1.165, 1.54) is 36.9 Å². The van der Waals surface area contributed by atoms with Gasteiger partial charge in [0.15, 0.2) is 11.3 Å². The first-order valence-electron chi connectivity index (χ1n) is 17.0. The SMILES string of the molecule is Nc1ncnc2c1c(Oc1cccc(F)c1)nn2C1CC(O)C1.Nc1ncnc2c1c(Oc1cccc(F)c1)nn2C1CC(OCc2ccccc2)C1. The average Bonchev–Trinajstić information content (AvgIpc) is 3.66. The van der Waals surface area contributed by atoms with Crippen molar-refractivity contribution in [2.24, 2.45) is 0 Å². The van der Waals surface area contributed by atoms with Crippen LogP contribution in [-0.4, -0.2) is 56.8 Å². The zero-order valence-corrected chi connectivity index (χ0v) is 28.2. The van der Waals surface area contributed by atoms with Crippen LogP contribution in [0.1, 0.15) is 43.3 Å². The van der Waals surface area contributed by atoms with E-state index in [2.05, 4.69) is 30.1 Å². The molecule has 0 bridgehead atoms. The molecule has 0 saturated heterocycles. The number of hydrogen-bond donors (Lipinski definition) is 3. The summed E-state index contributed by atoms with van der Waals surface area (Å²) in [6.45, 7) is 0.584. The molecule has 0 spiro atoms. The molecule has 4 aromatic heterocycles. The lowest BCUT2D eigenvalue weighted by Crippen LogP contribution is -2.34. The second kappa shape index (κ2) is 14.4. The largest absolute Gasteiger partial charge is 0.437 e. The smallest absolute Gasteiger partial charge is 0.251 e. The molecule has 16 heteroatoms. The Morgan fingerprint density at radius 2 is 1.17 bits per heavy atom. The molecule has 0 aliphatic heterocycles. The zero-order chi connectivity index (χ0) is 36.5. The molecule has 270 valence electrons. The van der Waals surface area contributed by atoms with Gasteiger partial charge in [0, 0.05) is 12.1 Å². The standard InChI is InChI=1S/C22H20FN5O2.C15H14FN5O2/c23-15-7-4-8-17(9-15)30-22-19-20(24)25-13-26-21(19)28(27-22)16-10-18(11-16)29-12-14-5-2-1-3-6-14;16-8-2-1-3-11(4-8)23-15-12-13(17)18-7-19-14(12)21(20-15)9-5-10(22)6-9/h1-9,13,16,18H,10-12H2,(H2,24,25,26);1-4,7,9-10,22H,5-6H2,(H2,17,18,19). The maximum atomic E-state index is 13.5. The first-order valence-corrected chi connectivity index (χ1v) is 17.0. The van der Waals surface area contributed by atoms with Crippen LogP contribution in [0.4, 0.5) is 20.4 Å². The number of ether oxygens (including phenoxy) is 3. The molecule has 4 heterocycles. The predicted molar refractivity (Wildman–Crippen MR) is 190 cm³/mol. The fourth-order valence-electron chi connectivity index (χ4n) is 6.28. The Kier molecular flexibility index (Phi) is 9.20. The minimum Gasteiger partial charge on any atom is -0.437 e. The summed E-state index contributed by atoms with van der Waals surface area (Å²) < 4.78 is 47.9. The van der Waals surface area contributed by atoms with Gasteiger partial charge in [0.2, 0.25) is 0 Å². The van der Waals surface area contributed by atoms with Crippen molar-refractivity contribution >= 4 is 33.7 Å². The van der Waals surface area contributed by atoms with E-state index >= 15 is 0 Å². The second-order valence-corrected chi connectivity index (χ2v) is 12.9. The van der Waals surface area contributed by atoms with Gasteiger partial charge >= 0.3 is 0 Å². The highest BCUT2D eigenvalue weighted by Crippen LogP contribution is 2.41. The minimum atomic E-state index is -0.405. The number of aromatic nitrogens is 8. The molecule has 3 aromatic carbocycles. The maximum absolute atomic E-state index is 13.5. The molecule has 0 unspecified atom stereocenters. The van der Waals surface area contributed by atoms with Crippen molar-refractivity contribution in [3.05, 3.63) is 109 Å². The summed E-state index contributed by atoms with van der Waals surface area (Å²) in [7, 11) is 0. The van der Waals surface area contributed by atoms with Gasteiger partial charge in [0.05, 0.1) is 30.9 Å². The molecule has 2 fully saturated rings. The molecule has 14 nitrogen and oxygen atoms in total. The average molecular weight is 721 g/mol. The topological polar surface area (TPSA) is 187 Å². The maximum Gasteiger partial charge on any atom is 0.251 e. The van der Waals surface area contributed by atoms with Crippen molar-refractivity contribution in [1.82, 2.24) is 39.5 Å². The summed E-state index contributed by atoms with van der Waals surface area (Å²) in [6.07, 6.45) is 5.41. The lowest BCUT2D eigenvalue weighted by atomic mass is 9.89. The lowest BCUT2D eigenvalue weighted by Gasteiger charge is -2.35. The summed E-state index contributed by atoms with van der Waals surface area (Å²) in [5, 5.41) is 19.5. The third-order valence-corrected chi connectivity index (χ3v) is 9.17. The fraction of sp³-hybridized carbons (Fsp3) is 0.243. The highest BCUT2D eigenvalue weighted by molar-refractivity contribution is 5.91. The normalized spacial score (nSPS) is 19.2. The number of rotatable bonds is 9. The Balaban J connectivity index is 0.000000156. The Hall–Kier alpha value is -6.26. The molecule has 5 N–H and O–H groups in total. The van der Waals surface area contributed by atoms with E-state index in [1.54, 1.807) is 28.9 Å². The first kappa shape index (κ1) is 33.9. The molecular weight excluding hydrogens is 686 g/mol. The van der Waals surface area contributed by atoms with Gasteiger partial charge in [-0.3, -0.25) is 0 Å². The monoisotopic (exact) mass is 720 g/mol. The Labute approximate surface area is 301 Å². The molecule has 0 atom stereocenters. The quantitative estimate of drug-likeness (QED) is 0.151. The molecule has 2 aliphatic rings. The van der Waals surface area contributed by atoms with Gasteiger partial charge in [-0.1, -0.05) is 42.5 Å². The number of hydrogen-bond acceptors (Lipinski definition) is 12. The highest BCUT2D eigenvalue weighted by atomic mass is 19.1. The zero-order valence-electron chi connectivity index (χ0n) is 28.2. The van der Waals surface area contributed by atoms with Gasteiger partial charge in [-0.15, -0.1) is 10.2 Å². The highest BCUT2D eigenvalue weighted by Gasteiger charge is 2.35. The van der Waals surface area contributed by atoms with Crippen molar-refractivity contribution in [2.45, 2.75) is 56.6 Å².